The van der Waals surface area contributed by atoms with E-state index in [1.165, 1.54) is 18.2 Å². The number of carboxylic acids is 1. The van der Waals surface area contributed by atoms with Crippen molar-refractivity contribution in [3.63, 3.8) is 0 Å². The molecule has 2 aromatic rings. The summed E-state index contributed by atoms with van der Waals surface area (Å²) in [5, 5.41) is 23.1. The van der Waals surface area contributed by atoms with Gasteiger partial charge < -0.3 is 10.4 Å². The van der Waals surface area contributed by atoms with Crippen LogP contribution in [0.4, 0.5) is 17.2 Å². The maximum absolute atomic E-state index is 11.0. The second kappa shape index (κ2) is 5.94. The molecule has 0 spiro atoms. The minimum atomic E-state index is -1.30. The number of carboxylic acid groups (broad SMARTS) is 1. The first kappa shape index (κ1) is 15.0. The summed E-state index contributed by atoms with van der Waals surface area (Å²) in [5.41, 5.74) is -0.376. The number of hydrogen-bond donors (Lipinski definition) is 2. The van der Waals surface area contributed by atoms with Crippen molar-refractivity contribution < 1.29 is 14.8 Å². The van der Waals surface area contributed by atoms with E-state index < -0.39 is 10.9 Å². The highest BCUT2D eigenvalue weighted by molar-refractivity contribution is 6.36. The van der Waals surface area contributed by atoms with Crippen LogP contribution in [0.5, 0.6) is 0 Å². The van der Waals surface area contributed by atoms with E-state index in [-0.39, 0.29) is 22.2 Å². The number of benzene rings is 1. The fourth-order valence-corrected chi connectivity index (χ4v) is 1.98. The van der Waals surface area contributed by atoms with Crippen LogP contribution in [0.2, 0.25) is 10.0 Å². The molecule has 108 valence electrons. The highest BCUT2D eigenvalue weighted by Crippen LogP contribution is 2.31. The molecule has 1 heterocycles. The summed E-state index contributed by atoms with van der Waals surface area (Å²) in [6.07, 6.45) is 0. The van der Waals surface area contributed by atoms with Gasteiger partial charge in [-0.25, -0.2) is 9.78 Å². The number of nitrogens with one attached hydrogen (secondary N) is 1. The van der Waals surface area contributed by atoms with Gasteiger partial charge in [0.25, 0.3) is 0 Å². The number of rotatable bonds is 4. The predicted molar refractivity (Wildman–Crippen MR) is 77.6 cm³/mol. The van der Waals surface area contributed by atoms with Crippen molar-refractivity contribution >= 4 is 46.4 Å². The van der Waals surface area contributed by atoms with E-state index in [0.717, 1.165) is 12.1 Å². The first-order valence-electron chi connectivity index (χ1n) is 5.49. The lowest BCUT2D eigenvalue weighted by Gasteiger charge is -2.09. The average Bonchev–Trinajstić information content (AvgIpc) is 2.41. The first-order chi connectivity index (χ1) is 9.88. The second-order valence-electron chi connectivity index (χ2n) is 3.88. The zero-order chi connectivity index (χ0) is 15.6. The Morgan fingerprint density at radius 3 is 2.57 bits per heavy atom. The van der Waals surface area contributed by atoms with Crippen LogP contribution in [0.25, 0.3) is 0 Å². The molecule has 0 aliphatic heterocycles. The van der Waals surface area contributed by atoms with Crippen LogP contribution in [0.15, 0.2) is 30.3 Å². The maximum atomic E-state index is 11.0. The van der Waals surface area contributed by atoms with E-state index >= 15 is 0 Å². The molecule has 7 nitrogen and oxygen atoms in total. The molecule has 1 aromatic carbocycles. The molecule has 9 heteroatoms. The molecule has 0 bridgehead atoms. The third-order valence-corrected chi connectivity index (χ3v) is 3.02. The Bertz CT molecular complexity index is 736. The second-order valence-corrected chi connectivity index (χ2v) is 4.72. The van der Waals surface area contributed by atoms with E-state index in [1.807, 2.05) is 0 Å². The molecular weight excluding hydrogens is 321 g/mol. The Balaban J connectivity index is 2.48. The number of carbonyl (C=O) groups is 1. The lowest BCUT2D eigenvalue weighted by Crippen LogP contribution is -2.06. The zero-order valence-electron chi connectivity index (χ0n) is 10.2. The summed E-state index contributed by atoms with van der Waals surface area (Å²) in [7, 11) is 0. The minimum Gasteiger partial charge on any atom is -0.477 e. The van der Waals surface area contributed by atoms with Gasteiger partial charge in [0.2, 0.25) is 5.82 Å². The number of anilines is 2. The van der Waals surface area contributed by atoms with Crippen LogP contribution < -0.4 is 5.32 Å². The molecule has 0 fully saturated rings. The lowest BCUT2D eigenvalue weighted by atomic mass is 10.3. The number of hydrogen-bond acceptors (Lipinski definition) is 5. The van der Waals surface area contributed by atoms with Crippen molar-refractivity contribution in [3.05, 3.63) is 56.2 Å². The highest BCUT2D eigenvalue weighted by Gasteiger charge is 2.19. The van der Waals surface area contributed by atoms with Gasteiger partial charge in [-0.2, -0.15) is 0 Å². The fraction of sp³-hybridized carbons (Fsp3) is 0. The van der Waals surface area contributed by atoms with Gasteiger partial charge in [-0.3, -0.25) is 10.1 Å². The number of aromatic carboxylic acids is 1. The molecule has 0 radical (unpaired) electrons. The fourth-order valence-electron chi connectivity index (χ4n) is 1.53. The van der Waals surface area contributed by atoms with Gasteiger partial charge in [0.05, 0.1) is 15.6 Å². The smallest absolute Gasteiger partial charge is 0.354 e. The maximum Gasteiger partial charge on any atom is 0.354 e. The Kier molecular flexibility index (Phi) is 4.25. The zero-order valence-corrected chi connectivity index (χ0v) is 11.7. The molecule has 0 unspecified atom stereocenters. The molecule has 0 aliphatic rings. The minimum absolute atomic E-state index is 0.218. The number of nitrogens with zero attached hydrogens (tertiary/aromatic N) is 2. The summed E-state index contributed by atoms with van der Waals surface area (Å²) in [6.45, 7) is 0. The van der Waals surface area contributed by atoms with Crippen LogP contribution in [0.1, 0.15) is 10.5 Å². The normalized spacial score (nSPS) is 10.2. The topological polar surface area (TPSA) is 105 Å². The van der Waals surface area contributed by atoms with Crippen molar-refractivity contribution in [3.8, 4) is 0 Å². The van der Waals surface area contributed by atoms with Gasteiger partial charge in [0.1, 0.15) is 0 Å². The van der Waals surface area contributed by atoms with Crippen LogP contribution in [-0.2, 0) is 0 Å². The summed E-state index contributed by atoms with van der Waals surface area (Å²) < 4.78 is 0. The molecular formula is C12H7Cl2N3O4. The van der Waals surface area contributed by atoms with Crippen LogP contribution in [0.3, 0.4) is 0 Å². The van der Waals surface area contributed by atoms with Crippen molar-refractivity contribution in [2.75, 3.05) is 5.32 Å². The molecule has 21 heavy (non-hydrogen) atoms. The van der Waals surface area contributed by atoms with Gasteiger partial charge in [-0.05, 0) is 24.3 Å². The van der Waals surface area contributed by atoms with Crippen molar-refractivity contribution in [1.82, 2.24) is 4.98 Å². The molecule has 0 saturated carbocycles. The lowest BCUT2D eigenvalue weighted by molar-refractivity contribution is -0.384. The van der Waals surface area contributed by atoms with Gasteiger partial charge in [-0.15, -0.1) is 0 Å². The SMILES string of the molecule is O=C(O)c1ccc([N+](=O)[O-])c(Nc2ccc(Cl)cc2Cl)n1. The van der Waals surface area contributed by atoms with Gasteiger partial charge >= 0.3 is 11.7 Å². The first-order valence-corrected chi connectivity index (χ1v) is 6.25. The van der Waals surface area contributed by atoms with Gasteiger partial charge in [-0.1, -0.05) is 23.2 Å². The Hall–Kier alpha value is -2.38. The van der Waals surface area contributed by atoms with Crippen molar-refractivity contribution in [2.24, 2.45) is 0 Å². The summed E-state index contributed by atoms with van der Waals surface area (Å²) in [5.74, 6) is -1.51. The number of halogens is 2. The van der Waals surface area contributed by atoms with Crippen LogP contribution in [0, 0.1) is 10.1 Å². The number of nitro groups is 1. The molecule has 2 N–H and O–H groups in total. The molecule has 0 atom stereocenters. The van der Waals surface area contributed by atoms with E-state index in [4.69, 9.17) is 28.3 Å². The molecule has 2 rings (SSSR count). The monoisotopic (exact) mass is 327 g/mol. The molecule has 1 aromatic heterocycles. The van der Waals surface area contributed by atoms with Gasteiger partial charge in [0, 0.05) is 11.1 Å². The average molecular weight is 328 g/mol. The van der Waals surface area contributed by atoms with Crippen LogP contribution in [-0.4, -0.2) is 21.0 Å². The largest absolute Gasteiger partial charge is 0.477 e. The molecule has 0 amide bonds. The summed E-state index contributed by atoms with van der Waals surface area (Å²) >= 11 is 11.7. The summed E-state index contributed by atoms with van der Waals surface area (Å²) in [4.78, 5) is 24.9. The number of aromatic nitrogens is 1. The van der Waals surface area contributed by atoms with E-state index in [2.05, 4.69) is 10.3 Å². The third kappa shape index (κ3) is 3.39. The van der Waals surface area contributed by atoms with Crippen LogP contribution >= 0.6 is 23.2 Å². The Morgan fingerprint density at radius 2 is 2.00 bits per heavy atom. The summed E-state index contributed by atoms with van der Waals surface area (Å²) in [6, 6.07) is 6.59. The quantitative estimate of drug-likeness (QED) is 0.654. The number of pyridine rings is 1. The van der Waals surface area contributed by atoms with Crippen molar-refractivity contribution in [2.45, 2.75) is 0 Å². The third-order valence-electron chi connectivity index (χ3n) is 2.47. The predicted octanol–water partition coefficient (Wildman–Crippen LogP) is 3.74. The Labute approximate surface area is 128 Å². The standard InChI is InChI=1S/C12H7Cl2N3O4/c13-6-1-2-8(7(14)5-6)15-11-10(17(20)21)4-3-9(16-11)12(18)19/h1-5H,(H,15,16)(H,18,19). The van der Waals surface area contributed by atoms with E-state index in [0.29, 0.717) is 10.7 Å². The van der Waals surface area contributed by atoms with Crippen molar-refractivity contribution in [1.29, 1.82) is 0 Å². The highest BCUT2D eigenvalue weighted by atomic mass is 35.5. The van der Waals surface area contributed by atoms with Gasteiger partial charge in [0.15, 0.2) is 5.69 Å². The Morgan fingerprint density at radius 1 is 1.29 bits per heavy atom. The molecule has 0 saturated heterocycles. The van der Waals surface area contributed by atoms with E-state index in [9.17, 15) is 14.9 Å². The molecule has 0 aliphatic carbocycles. The van der Waals surface area contributed by atoms with E-state index in [1.54, 1.807) is 0 Å².